The number of carbonyl (C=O) groups is 1. The molecule has 0 unspecified atom stereocenters. The number of nitrogens with zero attached hydrogens (tertiary/aromatic N) is 4. The SMILES string of the molecule is Cc1nc(N2CCCN(C(=O)C(C)(C)C)CC2)cc(C(F)(F)F)n1. The molecule has 1 aromatic heterocycles. The van der Waals surface area contributed by atoms with Crippen LogP contribution >= 0.6 is 0 Å². The molecule has 1 aromatic rings. The van der Waals surface area contributed by atoms with Gasteiger partial charge in [0.1, 0.15) is 17.3 Å². The lowest BCUT2D eigenvalue weighted by Gasteiger charge is -2.28. The summed E-state index contributed by atoms with van der Waals surface area (Å²) in [6.45, 7) is 9.12. The molecule has 24 heavy (non-hydrogen) atoms. The summed E-state index contributed by atoms with van der Waals surface area (Å²) in [5, 5.41) is 0. The van der Waals surface area contributed by atoms with Crippen LogP contribution in [0.25, 0.3) is 0 Å². The molecule has 0 bridgehead atoms. The molecule has 1 aliphatic heterocycles. The quantitative estimate of drug-likeness (QED) is 0.786. The van der Waals surface area contributed by atoms with Gasteiger partial charge in [-0.05, 0) is 13.3 Å². The largest absolute Gasteiger partial charge is 0.433 e. The van der Waals surface area contributed by atoms with E-state index >= 15 is 0 Å². The van der Waals surface area contributed by atoms with Crippen molar-refractivity contribution < 1.29 is 18.0 Å². The summed E-state index contributed by atoms with van der Waals surface area (Å²) in [7, 11) is 0. The number of halogens is 3. The third-order valence-corrected chi connectivity index (χ3v) is 3.86. The molecule has 0 radical (unpaired) electrons. The number of rotatable bonds is 1. The second-order valence-corrected chi connectivity index (χ2v) is 7.04. The third-order valence-electron chi connectivity index (χ3n) is 3.86. The maximum Gasteiger partial charge on any atom is 0.433 e. The van der Waals surface area contributed by atoms with E-state index in [9.17, 15) is 18.0 Å². The van der Waals surface area contributed by atoms with Gasteiger partial charge in [-0.1, -0.05) is 20.8 Å². The zero-order chi connectivity index (χ0) is 18.1. The topological polar surface area (TPSA) is 49.3 Å². The second kappa shape index (κ2) is 6.57. The van der Waals surface area contributed by atoms with E-state index in [4.69, 9.17) is 0 Å². The molecule has 0 atom stereocenters. The van der Waals surface area contributed by atoms with E-state index in [0.29, 0.717) is 32.6 Å². The number of aromatic nitrogens is 2. The van der Waals surface area contributed by atoms with E-state index in [2.05, 4.69) is 9.97 Å². The van der Waals surface area contributed by atoms with Crippen LogP contribution in [0.1, 0.15) is 38.7 Å². The predicted molar refractivity (Wildman–Crippen MR) is 84.6 cm³/mol. The van der Waals surface area contributed by atoms with E-state index in [1.807, 2.05) is 20.8 Å². The zero-order valence-corrected chi connectivity index (χ0v) is 14.4. The number of hydrogen-bond donors (Lipinski definition) is 0. The van der Waals surface area contributed by atoms with Crippen LogP contribution in [0.2, 0.25) is 0 Å². The van der Waals surface area contributed by atoms with Crippen LogP contribution < -0.4 is 4.90 Å². The Hall–Kier alpha value is -1.86. The van der Waals surface area contributed by atoms with Gasteiger partial charge in [-0.15, -0.1) is 0 Å². The molecule has 2 rings (SSSR count). The van der Waals surface area contributed by atoms with Crippen molar-refractivity contribution in [3.05, 3.63) is 17.6 Å². The van der Waals surface area contributed by atoms with Crippen LogP contribution in [0, 0.1) is 12.3 Å². The number of aryl methyl sites for hydroxylation is 1. The Morgan fingerprint density at radius 2 is 1.75 bits per heavy atom. The van der Waals surface area contributed by atoms with Crippen LogP contribution in [0.4, 0.5) is 19.0 Å². The standard InChI is InChI=1S/C16H23F3N4O/c1-11-20-12(16(17,18)19)10-13(21-11)22-6-5-7-23(9-8-22)14(24)15(2,3)4/h10H,5-9H2,1-4H3. The maximum atomic E-state index is 12.9. The van der Waals surface area contributed by atoms with Gasteiger partial charge >= 0.3 is 6.18 Å². The van der Waals surface area contributed by atoms with Gasteiger partial charge in [0.25, 0.3) is 0 Å². The van der Waals surface area contributed by atoms with Gasteiger partial charge in [-0.25, -0.2) is 9.97 Å². The Balaban J connectivity index is 2.17. The molecule has 134 valence electrons. The fourth-order valence-corrected chi connectivity index (χ4v) is 2.68. The first kappa shape index (κ1) is 18.5. The highest BCUT2D eigenvalue weighted by molar-refractivity contribution is 5.81. The molecule has 1 saturated heterocycles. The minimum atomic E-state index is -4.50. The van der Waals surface area contributed by atoms with Gasteiger partial charge in [-0.2, -0.15) is 13.2 Å². The molecular weight excluding hydrogens is 321 g/mol. The van der Waals surface area contributed by atoms with Crippen molar-refractivity contribution in [3.8, 4) is 0 Å². The van der Waals surface area contributed by atoms with Gasteiger partial charge in [-0.3, -0.25) is 4.79 Å². The molecule has 1 aliphatic rings. The first-order valence-corrected chi connectivity index (χ1v) is 7.95. The lowest BCUT2D eigenvalue weighted by molar-refractivity contribution is -0.141. The lowest BCUT2D eigenvalue weighted by atomic mass is 9.94. The number of carbonyl (C=O) groups excluding carboxylic acids is 1. The van der Waals surface area contributed by atoms with E-state index < -0.39 is 17.3 Å². The Kier molecular flexibility index (Phi) is 5.05. The van der Waals surface area contributed by atoms with Crippen LogP contribution in [0.5, 0.6) is 0 Å². The Morgan fingerprint density at radius 1 is 1.08 bits per heavy atom. The van der Waals surface area contributed by atoms with Crippen LogP contribution in [0.3, 0.4) is 0 Å². The molecular formula is C16H23F3N4O. The van der Waals surface area contributed by atoms with Crippen LogP contribution in [-0.2, 0) is 11.0 Å². The minimum absolute atomic E-state index is 0.0548. The Labute approximate surface area is 139 Å². The van der Waals surface area contributed by atoms with Crippen molar-refractivity contribution in [1.29, 1.82) is 0 Å². The van der Waals surface area contributed by atoms with Crippen molar-refractivity contribution in [2.45, 2.75) is 40.3 Å². The van der Waals surface area contributed by atoms with Crippen molar-refractivity contribution in [1.82, 2.24) is 14.9 Å². The summed E-state index contributed by atoms with van der Waals surface area (Å²) < 4.78 is 38.8. The highest BCUT2D eigenvalue weighted by atomic mass is 19.4. The van der Waals surface area contributed by atoms with Crippen molar-refractivity contribution in [3.63, 3.8) is 0 Å². The molecule has 2 heterocycles. The lowest BCUT2D eigenvalue weighted by Crippen LogP contribution is -2.41. The second-order valence-electron chi connectivity index (χ2n) is 7.04. The fourth-order valence-electron chi connectivity index (χ4n) is 2.68. The minimum Gasteiger partial charge on any atom is -0.355 e. The van der Waals surface area contributed by atoms with Gasteiger partial charge in [0.05, 0.1) is 0 Å². The van der Waals surface area contributed by atoms with Gasteiger partial charge < -0.3 is 9.80 Å². The number of alkyl halides is 3. The summed E-state index contributed by atoms with van der Waals surface area (Å²) in [6, 6.07) is 0.980. The summed E-state index contributed by atoms with van der Waals surface area (Å²) >= 11 is 0. The number of hydrogen-bond acceptors (Lipinski definition) is 4. The molecule has 5 nitrogen and oxygen atoms in total. The van der Waals surface area contributed by atoms with Gasteiger partial charge in [0.2, 0.25) is 5.91 Å². The molecule has 0 spiro atoms. The highest BCUT2D eigenvalue weighted by Gasteiger charge is 2.34. The smallest absolute Gasteiger partial charge is 0.355 e. The molecule has 1 amide bonds. The average molecular weight is 344 g/mol. The van der Waals surface area contributed by atoms with Crippen molar-refractivity contribution in [2.24, 2.45) is 5.41 Å². The summed E-state index contributed by atoms with van der Waals surface area (Å²) in [6.07, 6.45) is -3.81. The summed E-state index contributed by atoms with van der Waals surface area (Å²) in [4.78, 5) is 23.6. The van der Waals surface area contributed by atoms with E-state index in [-0.39, 0.29) is 17.5 Å². The highest BCUT2D eigenvalue weighted by Crippen LogP contribution is 2.30. The van der Waals surface area contributed by atoms with Gasteiger partial charge in [0, 0.05) is 37.7 Å². The number of amides is 1. The maximum absolute atomic E-state index is 12.9. The normalized spacial score (nSPS) is 17.0. The molecule has 0 N–H and O–H groups in total. The third kappa shape index (κ3) is 4.36. The predicted octanol–water partition coefficient (Wildman–Crippen LogP) is 2.89. The first-order chi connectivity index (χ1) is 11.0. The van der Waals surface area contributed by atoms with E-state index in [1.165, 1.54) is 6.92 Å². The van der Waals surface area contributed by atoms with Crippen molar-refractivity contribution >= 4 is 11.7 Å². The Bertz CT molecular complexity index is 610. The zero-order valence-electron chi connectivity index (χ0n) is 14.4. The first-order valence-electron chi connectivity index (χ1n) is 7.95. The molecule has 8 heteroatoms. The summed E-state index contributed by atoms with van der Waals surface area (Å²) in [5.74, 6) is 0.408. The molecule has 0 saturated carbocycles. The van der Waals surface area contributed by atoms with E-state index in [0.717, 1.165) is 6.07 Å². The van der Waals surface area contributed by atoms with Crippen LogP contribution in [-0.4, -0.2) is 47.0 Å². The van der Waals surface area contributed by atoms with Gasteiger partial charge in [0.15, 0.2) is 0 Å². The monoisotopic (exact) mass is 344 g/mol. The molecule has 1 fully saturated rings. The fraction of sp³-hybridized carbons (Fsp3) is 0.688. The molecule has 0 aliphatic carbocycles. The summed E-state index contributed by atoms with van der Waals surface area (Å²) in [5.41, 5.74) is -1.40. The molecule has 0 aromatic carbocycles. The average Bonchev–Trinajstić information content (AvgIpc) is 2.69. The number of anilines is 1. The van der Waals surface area contributed by atoms with E-state index in [1.54, 1.807) is 9.80 Å². The van der Waals surface area contributed by atoms with Crippen molar-refractivity contribution in [2.75, 3.05) is 31.1 Å². The van der Waals surface area contributed by atoms with Crippen LogP contribution in [0.15, 0.2) is 6.07 Å². The Morgan fingerprint density at radius 3 is 2.33 bits per heavy atom.